The van der Waals surface area contributed by atoms with Crippen LogP contribution in [-0.4, -0.2) is 11.9 Å². The summed E-state index contributed by atoms with van der Waals surface area (Å²) in [7, 11) is 0. The summed E-state index contributed by atoms with van der Waals surface area (Å²) in [6.45, 7) is 0. The number of fused-ring (bicyclic) bond motifs is 1. The van der Waals surface area contributed by atoms with Gasteiger partial charge in [0.25, 0.3) is 0 Å². The van der Waals surface area contributed by atoms with Crippen molar-refractivity contribution in [1.29, 1.82) is 0 Å². The van der Waals surface area contributed by atoms with Crippen molar-refractivity contribution in [3.05, 3.63) is 42.5 Å². The second kappa shape index (κ2) is 6.15. The molecule has 0 aromatic heterocycles. The number of cyclic esters (lactones) is 2. The zero-order valence-electron chi connectivity index (χ0n) is 10.4. The number of ether oxygens (including phenoxy) is 1. The normalized spacial score (nSPS) is 24.1. The Labute approximate surface area is 111 Å². The van der Waals surface area contributed by atoms with Crippen LogP contribution >= 0.6 is 0 Å². The Morgan fingerprint density at radius 2 is 1.89 bits per heavy atom. The van der Waals surface area contributed by atoms with Crippen LogP contribution in [0.2, 0.25) is 0 Å². The number of rotatable bonds is 1. The van der Waals surface area contributed by atoms with Crippen molar-refractivity contribution in [1.82, 2.24) is 0 Å². The van der Waals surface area contributed by atoms with Gasteiger partial charge in [-0.1, -0.05) is 30.4 Å². The van der Waals surface area contributed by atoms with Crippen molar-refractivity contribution in [3.63, 3.8) is 0 Å². The molecule has 0 bridgehead atoms. The number of carbonyl (C=O) groups excluding carboxylic acids is 2. The maximum absolute atomic E-state index is 10.9. The van der Waals surface area contributed by atoms with Gasteiger partial charge in [0, 0.05) is 5.69 Å². The first-order valence-corrected chi connectivity index (χ1v) is 6.16. The van der Waals surface area contributed by atoms with Crippen LogP contribution in [0.5, 0.6) is 0 Å². The predicted molar refractivity (Wildman–Crippen MR) is 70.7 cm³/mol. The SMILES string of the molecule is NNc1ccccc1.O=C1OC(=O)C2CCC=CC12. The van der Waals surface area contributed by atoms with Crippen LogP contribution in [0.4, 0.5) is 5.69 Å². The lowest BCUT2D eigenvalue weighted by atomic mass is 9.86. The van der Waals surface area contributed by atoms with E-state index in [2.05, 4.69) is 10.2 Å². The summed E-state index contributed by atoms with van der Waals surface area (Å²) < 4.78 is 4.48. The zero-order valence-corrected chi connectivity index (χ0v) is 10.4. The number of hydrogen-bond acceptors (Lipinski definition) is 5. The fourth-order valence-electron chi connectivity index (χ4n) is 2.12. The molecule has 0 saturated carbocycles. The lowest BCUT2D eigenvalue weighted by Crippen LogP contribution is -2.17. The largest absolute Gasteiger partial charge is 0.392 e. The number of nitrogens with one attached hydrogen (secondary N) is 1. The number of anilines is 1. The molecule has 3 N–H and O–H groups in total. The van der Waals surface area contributed by atoms with Gasteiger partial charge >= 0.3 is 11.9 Å². The molecule has 1 fully saturated rings. The molecular formula is C14H16N2O3. The Bertz CT molecular complexity index is 485. The van der Waals surface area contributed by atoms with Gasteiger partial charge in [0.15, 0.2) is 0 Å². The molecule has 0 spiro atoms. The van der Waals surface area contributed by atoms with Crippen molar-refractivity contribution in [2.24, 2.45) is 17.7 Å². The molecule has 0 amide bonds. The van der Waals surface area contributed by atoms with Crippen LogP contribution in [0.25, 0.3) is 0 Å². The van der Waals surface area contributed by atoms with Gasteiger partial charge in [-0.05, 0) is 25.0 Å². The third-order valence-corrected chi connectivity index (χ3v) is 3.14. The van der Waals surface area contributed by atoms with E-state index in [0.717, 1.165) is 18.5 Å². The van der Waals surface area contributed by atoms with Crippen molar-refractivity contribution >= 4 is 17.6 Å². The third-order valence-electron chi connectivity index (χ3n) is 3.14. The number of nitrogens with two attached hydrogens (primary N) is 1. The van der Waals surface area contributed by atoms with Crippen LogP contribution in [0.15, 0.2) is 42.5 Å². The Hall–Kier alpha value is -2.14. The molecular weight excluding hydrogens is 244 g/mol. The summed E-state index contributed by atoms with van der Waals surface area (Å²) in [6.07, 6.45) is 5.34. The molecule has 1 aliphatic heterocycles. The number of nitrogen functional groups attached to an aromatic ring is 1. The molecule has 19 heavy (non-hydrogen) atoms. The Morgan fingerprint density at radius 1 is 1.16 bits per heavy atom. The smallest absolute Gasteiger partial charge is 0.321 e. The van der Waals surface area contributed by atoms with Crippen LogP contribution in [0, 0.1) is 11.8 Å². The summed E-state index contributed by atoms with van der Waals surface area (Å²) >= 11 is 0. The molecule has 5 nitrogen and oxygen atoms in total. The number of allylic oxidation sites excluding steroid dienone is 1. The molecule has 100 valence electrons. The van der Waals surface area contributed by atoms with Crippen molar-refractivity contribution < 1.29 is 14.3 Å². The molecule has 2 atom stereocenters. The van der Waals surface area contributed by atoms with Gasteiger partial charge in [-0.25, -0.2) is 0 Å². The minimum absolute atomic E-state index is 0.188. The fourth-order valence-corrected chi connectivity index (χ4v) is 2.12. The second-order valence-electron chi connectivity index (χ2n) is 4.39. The Morgan fingerprint density at radius 3 is 2.47 bits per heavy atom. The number of benzene rings is 1. The minimum Gasteiger partial charge on any atom is -0.392 e. The van der Waals surface area contributed by atoms with E-state index in [9.17, 15) is 9.59 Å². The molecule has 5 heteroatoms. The summed E-state index contributed by atoms with van der Waals surface area (Å²) in [6, 6.07) is 9.60. The second-order valence-corrected chi connectivity index (χ2v) is 4.39. The highest BCUT2D eigenvalue weighted by Crippen LogP contribution is 2.32. The van der Waals surface area contributed by atoms with E-state index < -0.39 is 0 Å². The average Bonchev–Trinajstić information content (AvgIpc) is 2.76. The van der Waals surface area contributed by atoms with Crippen LogP contribution in [0.3, 0.4) is 0 Å². The highest BCUT2D eigenvalue weighted by atomic mass is 16.6. The molecule has 1 aliphatic carbocycles. The number of hydrazine groups is 1. The van der Waals surface area contributed by atoms with Crippen LogP contribution < -0.4 is 11.3 Å². The summed E-state index contributed by atoms with van der Waals surface area (Å²) in [5.41, 5.74) is 3.46. The average molecular weight is 260 g/mol. The number of para-hydroxylation sites is 1. The highest BCUT2D eigenvalue weighted by Gasteiger charge is 2.43. The maximum atomic E-state index is 10.9. The number of carbonyl (C=O) groups is 2. The van der Waals surface area contributed by atoms with Gasteiger partial charge in [0.05, 0.1) is 11.8 Å². The predicted octanol–water partition coefficient (Wildman–Crippen LogP) is 1.62. The van der Waals surface area contributed by atoms with Gasteiger partial charge in [-0.15, -0.1) is 0 Å². The van der Waals surface area contributed by atoms with Crippen molar-refractivity contribution in [2.45, 2.75) is 12.8 Å². The summed E-state index contributed by atoms with van der Waals surface area (Å²) in [5, 5.41) is 0. The first-order valence-electron chi connectivity index (χ1n) is 6.16. The molecule has 1 aromatic carbocycles. The van der Waals surface area contributed by atoms with E-state index in [1.54, 1.807) is 6.08 Å². The quantitative estimate of drug-likeness (QED) is 0.264. The van der Waals surface area contributed by atoms with E-state index in [4.69, 9.17) is 5.84 Å². The lowest BCUT2D eigenvalue weighted by Gasteiger charge is -2.12. The molecule has 1 aromatic rings. The highest BCUT2D eigenvalue weighted by molar-refractivity contribution is 5.97. The maximum Gasteiger partial charge on any atom is 0.321 e. The van der Waals surface area contributed by atoms with Gasteiger partial charge in [0.2, 0.25) is 0 Å². The monoisotopic (exact) mass is 260 g/mol. The molecule has 0 radical (unpaired) electrons. The molecule has 1 heterocycles. The van der Waals surface area contributed by atoms with Crippen LogP contribution in [0.1, 0.15) is 12.8 Å². The number of hydrogen-bond donors (Lipinski definition) is 2. The Balaban J connectivity index is 0.000000148. The summed E-state index contributed by atoms with van der Waals surface area (Å²) in [4.78, 5) is 21.9. The van der Waals surface area contributed by atoms with E-state index in [1.807, 2.05) is 36.4 Å². The molecule has 2 aliphatic rings. The first kappa shape index (κ1) is 13.3. The van der Waals surface area contributed by atoms with E-state index in [0.29, 0.717) is 0 Å². The Kier molecular flexibility index (Phi) is 4.30. The molecule has 2 unspecified atom stereocenters. The first-order chi connectivity index (χ1) is 9.22. The zero-order chi connectivity index (χ0) is 13.7. The molecule has 1 saturated heterocycles. The van der Waals surface area contributed by atoms with Gasteiger partial charge < -0.3 is 10.2 Å². The molecule has 3 rings (SSSR count). The van der Waals surface area contributed by atoms with Gasteiger partial charge in [-0.3, -0.25) is 15.4 Å². The summed E-state index contributed by atoms with van der Waals surface area (Å²) in [5.74, 6) is 3.91. The van der Waals surface area contributed by atoms with E-state index >= 15 is 0 Å². The lowest BCUT2D eigenvalue weighted by molar-refractivity contribution is -0.153. The number of esters is 2. The standard InChI is InChI=1S/C8H8O3.C6H8N2/c9-7-5-3-1-2-4-6(5)8(10)11-7;7-8-6-4-2-1-3-5-6/h1,3,5-6H,2,4H2;1-5,8H,7H2. The topological polar surface area (TPSA) is 81.4 Å². The minimum atomic E-state index is -0.379. The fraction of sp³-hybridized carbons (Fsp3) is 0.286. The van der Waals surface area contributed by atoms with Gasteiger partial charge in [-0.2, -0.15) is 0 Å². The van der Waals surface area contributed by atoms with E-state index in [-0.39, 0.29) is 23.8 Å². The van der Waals surface area contributed by atoms with Gasteiger partial charge in [0.1, 0.15) is 0 Å². The van der Waals surface area contributed by atoms with E-state index in [1.165, 1.54) is 0 Å². The van der Waals surface area contributed by atoms with Crippen molar-refractivity contribution in [2.75, 3.05) is 5.43 Å². The van der Waals surface area contributed by atoms with Crippen molar-refractivity contribution in [3.8, 4) is 0 Å². The van der Waals surface area contributed by atoms with Crippen LogP contribution in [-0.2, 0) is 14.3 Å². The third kappa shape index (κ3) is 3.20.